The van der Waals surface area contributed by atoms with Crippen LogP contribution in [-0.2, 0) is 0 Å². The van der Waals surface area contributed by atoms with Crippen molar-refractivity contribution < 1.29 is 18.5 Å². The van der Waals surface area contributed by atoms with Crippen LogP contribution < -0.4 is 0 Å². The Hall–Kier alpha value is -1.92. The highest BCUT2D eigenvalue weighted by molar-refractivity contribution is 5.84. The Morgan fingerprint density at radius 2 is 2.20 bits per heavy atom. The number of carbonyl (C=O) groups is 1. The van der Waals surface area contributed by atoms with Crippen LogP contribution in [0.5, 0.6) is 0 Å². The van der Waals surface area contributed by atoms with Gasteiger partial charge >= 0.3 is 0 Å². The first-order valence-corrected chi connectivity index (χ1v) is 3.86. The van der Waals surface area contributed by atoms with Gasteiger partial charge in [0, 0.05) is 11.8 Å². The lowest BCUT2D eigenvalue weighted by atomic mass is 10.1. The van der Waals surface area contributed by atoms with Crippen molar-refractivity contribution in [3.8, 4) is 0 Å². The zero-order chi connectivity index (χ0) is 11.6. The molecule has 0 unspecified atom stereocenters. The fourth-order valence-electron chi connectivity index (χ4n) is 1.16. The molecule has 0 spiro atoms. The van der Waals surface area contributed by atoms with Gasteiger partial charge in [-0.25, -0.2) is 8.78 Å². The van der Waals surface area contributed by atoms with E-state index in [4.69, 9.17) is 0 Å². The van der Waals surface area contributed by atoms with E-state index in [1.165, 1.54) is 6.92 Å². The minimum atomic E-state index is -3.01. The molecule has 0 aliphatic rings. The third-order valence-electron chi connectivity index (χ3n) is 1.81. The molecule has 1 heterocycles. The Bertz CT molecular complexity index is 421. The summed E-state index contributed by atoms with van der Waals surface area (Å²) < 4.78 is 24.7. The van der Waals surface area contributed by atoms with Crippen molar-refractivity contribution in [3.63, 3.8) is 0 Å². The molecular weight excluding hydrogens is 210 g/mol. The maximum absolute atomic E-state index is 12.3. The number of carbonyl (C=O) groups excluding carboxylic acids is 1. The van der Waals surface area contributed by atoms with E-state index in [-0.39, 0.29) is 11.8 Å². The van der Waals surface area contributed by atoms with Crippen molar-refractivity contribution in [2.45, 2.75) is 13.3 Å². The Balaban J connectivity index is 3.54. The van der Waals surface area contributed by atoms with Crippen LogP contribution >= 0.6 is 0 Å². The zero-order valence-corrected chi connectivity index (χ0v) is 7.61. The summed E-state index contributed by atoms with van der Waals surface area (Å²) in [6, 6.07) is 0. The molecule has 80 valence electrons. The Kier molecular flexibility index (Phi) is 3.03. The molecule has 0 radical (unpaired) electrons. The van der Waals surface area contributed by atoms with E-state index >= 15 is 0 Å². The van der Waals surface area contributed by atoms with Crippen molar-refractivity contribution in [1.82, 2.24) is 4.98 Å². The number of pyridine rings is 1. The summed E-state index contributed by atoms with van der Waals surface area (Å²) in [6.45, 7) is 1.33. The average Bonchev–Trinajstić information content (AvgIpc) is 2.15. The average molecular weight is 216 g/mol. The molecule has 5 nitrogen and oxygen atoms in total. The molecule has 0 amide bonds. The predicted molar refractivity (Wildman–Crippen MR) is 46.0 cm³/mol. The number of aldehydes is 1. The van der Waals surface area contributed by atoms with E-state index < -0.39 is 28.3 Å². The van der Waals surface area contributed by atoms with Gasteiger partial charge in [0.25, 0.3) is 12.1 Å². The number of halogens is 2. The van der Waals surface area contributed by atoms with Gasteiger partial charge in [-0.15, -0.1) is 0 Å². The number of aryl methyl sites for hydroxylation is 1. The highest BCUT2D eigenvalue weighted by Crippen LogP contribution is 2.28. The summed E-state index contributed by atoms with van der Waals surface area (Å²) in [7, 11) is 0. The standard InChI is InChI=1S/C8H6F2N2O3/c1-4-2-11-6(8(9)10)5(3-13)7(4)12(14)15/h2-3,8H,1H3. The van der Waals surface area contributed by atoms with Crippen LogP contribution in [0.4, 0.5) is 14.5 Å². The third kappa shape index (κ3) is 1.95. The molecule has 7 heteroatoms. The molecule has 15 heavy (non-hydrogen) atoms. The first kappa shape index (κ1) is 11.2. The molecule has 0 bridgehead atoms. The zero-order valence-electron chi connectivity index (χ0n) is 7.61. The van der Waals surface area contributed by atoms with E-state index in [0.717, 1.165) is 6.20 Å². The van der Waals surface area contributed by atoms with Gasteiger partial charge in [0.05, 0.1) is 4.92 Å². The van der Waals surface area contributed by atoms with Crippen LogP contribution in [-0.4, -0.2) is 16.2 Å². The number of nitrogens with zero attached hydrogens (tertiary/aromatic N) is 2. The second kappa shape index (κ2) is 4.07. The van der Waals surface area contributed by atoms with Crippen molar-refractivity contribution in [2.24, 2.45) is 0 Å². The van der Waals surface area contributed by atoms with Crippen molar-refractivity contribution in [2.75, 3.05) is 0 Å². The van der Waals surface area contributed by atoms with E-state index in [0.29, 0.717) is 0 Å². The van der Waals surface area contributed by atoms with Crippen LogP contribution in [0.25, 0.3) is 0 Å². The van der Waals surface area contributed by atoms with Gasteiger partial charge in [0.15, 0.2) is 6.29 Å². The second-order valence-electron chi connectivity index (χ2n) is 2.76. The molecule has 0 saturated heterocycles. The van der Waals surface area contributed by atoms with Crippen LogP contribution in [0, 0.1) is 17.0 Å². The Morgan fingerprint density at radius 1 is 1.60 bits per heavy atom. The smallest absolute Gasteiger partial charge is 0.286 e. The normalized spacial score (nSPS) is 10.4. The maximum Gasteiger partial charge on any atom is 0.286 e. The van der Waals surface area contributed by atoms with E-state index in [1.54, 1.807) is 0 Å². The molecule has 0 fully saturated rings. The molecule has 0 saturated carbocycles. The molecule has 1 aromatic rings. The lowest BCUT2D eigenvalue weighted by Crippen LogP contribution is -2.05. The van der Waals surface area contributed by atoms with Crippen molar-refractivity contribution >= 4 is 12.0 Å². The molecule has 0 aliphatic carbocycles. The van der Waals surface area contributed by atoms with Gasteiger partial charge in [0.1, 0.15) is 11.3 Å². The highest BCUT2D eigenvalue weighted by atomic mass is 19.3. The minimum Gasteiger partial charge on any atom is -0.298 e. The molecule has 0 aromatic carbocycles. The number of nitro groups is 1. The Labute approximate surface area is 82.9 Å². The number of alkyl halides is 2. The van der Waals surface area contributed by atoms with Gasteiger partial charge in [-0.05, 0) is 6.92 Å². The second-order valence-corrected chi connectivity index (χ2v) is 2.76. The molecule has 1 aromatic heterocycles. The van der Waals surface area contributed by atoms with Crippen LogP contribution in [0.1, 0.15) is 28.0 Å². The quantitative estimate of drug-likeness (QED) is 0.440. The number of hydrogen-bond acceptors (Lipinski definition) is 4. The summed E-state index contributed by atoms with van der Waals surface area (Å²) in [4.78, 5) is 23.5. The van der Waals surface area contributed by atoms with Crippen LogP contribution in [0.2, 0.25) is 0 Å². The van der Waals surface area contributed by atoms with Gasteiger partial charge in [-0.2, -0.15) is 0 Å². The predicted octanol–water partition coefficient (Wildman–Crippen LogP) is 2.05. The van der Waals surface area contributed by atoms with E-state index in [9.17, 15) is 23.7 Å². The van der Waals surface area contributed by atoms with Gasteiger partial charge in [-0.3, -0.25) is 19.9 Å². The molecular formula is C8H6F2N2O3. The van der Waals surface area contributed by atoms with Crippen molar-refractivity contribution in [3.05, 3.63) is 33.1 Å². The van der Waals surface area contributed by atoms with Crippen LogP contribution in [0.15, 0.2) is 6.20 Å². The number of rotatable bonds is 3. The summed E-state index contributed by atoms with van der Waals surface area (Å²) in [6.07, 6.45) is -2.03. The molecule has 0 aliphatic heterocycles. The first-order chi connectivity index (χ1) is 6.99. The number of aromatic nitrogens is 1. The van der Waals surface area contributed by atoms with Gasteiger partial charge < -0.3 is 0 Å². The minimum absolute atomic E-state index is 0.0274. The summed E-state index contributed by atoms with van der Waals surface area (Å²) >= 11 is 0. The van der Waals surface area contributed by atoms with Gasteiger partial charge in [-0.1, -0.05) is 0 Å². The lowest BCUT2D eigenvalue weighted by Gasteiger charge is -2.04. The SMILES string of the molecule is Cc1cnc(C(F)F)c(C=O)c1[N+](=O)[O-]. The monoisotopic (exact) mass is 216 g/mol. The van der Waals surface area contributed by atoms with E-state index in [1.807, 2.05) is 0 Å². The molecule has 1 rings (SSSR count). The molecule has 0 N–H and O–H groups in total. The third-order valence-corrected chi connectivity index (χ3v) is 1.81. The Morgan fingerprint density at radius 3 is 2.60 bits per heavy atom. The largest absolute Gasteiger partial charge is 0.298 e. The summed E-state index contributed by atoms with van der Waals surface area (Å²) in [5, 5.41) is 10.6. The van der Waals surface area contributed by atoms with Gasteiger partial charge in [0.2, 0.25) is 0 Å². The lowest BCUT2D eigenvalue weighted by molar-refractivity contribution is -0.385. The highest BCUT2D eigenvalue weighted by Gasteiger charge is 2.25. The fraction of sp³-hybridized carbons (Fsp3) is 0.250. The number of hydrogen-bond donors (Lipinski definition) is 0. The molecule has 0 atom stereocenters. The van der Waals surface area contributed by atoms with E-state index in [2.05, 4.69) is 4.98 Å². The maximum atomic E-state index is 12.3. The topological polar surface area (TPSA) is 73.1 Å². The van der Waals surface area contributed by atoms with Crippen LogP contribution in [0.3, 0.4) is 0 Å². The summed E-state index contributed by atoms with van der Waals surface area (Å²) in [5.74, 6) is 0. The first-order valence-electron chi connectivity index (χ1n) is 3.86. The van der Waals surface area contributed by atoms with Crippen molar-refractivity contribution in [1.29, 1.82) is 0 Å². The summed E-state index contributed by atoms with van der Waals surface area (Å²) in [5.41, 5.74) is -2.06. The fourth-order valence-corrected chi connectivity index (χ4v) is 1.16.